The Bertz CT molecular complexity index is 1330. The molecular weight excluding hydrogens is 632 g/mol. The summed E-state index contributed by atoms with van der Waals surface area (Å²) in [5.41, 5.74) is 9.97. The number of epoxide rings is 1. The van der Waals surface area contributed by atoms with Crippen LogP contribution in [0.25, 0.3) is 0 Å². The lowest BCUT2D eigenvalue weighted by atomic mass is 9.57. The minimum Gasteiger partial charge on any atom is -0.463 e. The molecule has 2 saturated heterocycles. The van der Waals surface area contributed by atoms with Gasteiger partial charge in [0.05, 0.1) is 12.8 Å². The maximum atomic E-state index is 14.8. The predicted octanol–water partition coefficient (Wildman–Crippen LogP) is 3.76. The van der Waals surface area contributed by atoms with Crippen LogP contribution in [0.5, 0.6) is 0 Å². The Labute approximate surface area is 299 Å². The number of piperidine rings is 1. The molecular formula is C39H64N6O5. The van der Waals surface area contributed by atoms with Crippen molar-refractivity contribution in [2.24, 2.45) is 57.9 Å². The van der Waals surface area contributed by atoms with Crippen LogP contribution in [-0.4, -0.2) is 79.7 Å². The standard InChI is InChI=1S/C39H64N6O5/c1-7-25-12-13-30(43-8-2)28(20-25)22-49-36(48)39-35(47)33-27(18-23(3)4)10-9-11-29(33)34(46)38(39,50-39)16-14-24(5)19-31(45-37(41)42-6)26-15-17-44-32(40)21-26/h12-14,23,25-33,43-44H,7-11,15-22,40H2,1-6H3,(H3,41,42,45)/t25-,26?,27?,28-,29?,30+,31+,32?,33?,38-,39-/m0/s1. The lowest BCUT2D eigenvalue weighted by molar-refractivity contribution is -0.161. The van der Waals surface area contributed by atoms with Crippen molar-refractivity contribution in [2.45, 2.75) is 128 Å². The van der Waals surface area contributed by atoms with Crippen LogP contribution < -0.4 is 27.4 Å². The molecule has 5 aliphatic rings. The van der Waals surface area contributed by atoms with E-state index in [-0.39, 0.29) is 60.6 Å². The number of hydrogen-bond donors (Lipinski definition) is 5. The van der Waals surface area contributed by atoms with Gasteiger partial charge in [-0.3, -0.25) is 14.6 Å². The van der Waals surface area contributed by atoms with E-state index in [1.165, 1.54) is 0 Å². The number of fused-ring (bicyclic) bond motifs is 2. The minimum atomic E-state index is -1.89. The predicted molar refractivity (Wildman–Crippen MR) is 196 cm³/mol. The van der Waals surface area contributed by atoms with Crippen LogP contribution in [0.4, 0.5) is 0 Å². The smallest absolute Gasteiger partial charge is 0.350 e. The van der Waals surface area contributed by atoms with Crippen LogP contribution in [0.3, 0.4) is 0 Å². The van der Waals surface area contributed by atoms with E-state index in [9.17, 15) is 14.4 Å². The molecule has 0 amide bonds. The van der Waals surface area contributed by atoms with E-state index in [1.54, 1.807) is 7.05 Å². The van der Waals surface area contributed by atoms with Gasteiger partial charge in [0.1, 0.15) is 0 Å². The maximum Gasteiger partial charge on any atom is 0.350 e. The third-order valence-corrected chi connectivity index (χ3v) is 12.3. The molecule has 0 spiro atoms. The molecule has 0 radical (unpaired) electrons. The summed E-state index contributed by atoms with van der Waals surface area (Å²) >= 11 is 0. The number of Topliss-reactive ketones (excluding diaryl/α,β-unsaturated/α-hetero) is 2. The van der Waals surface area contributed by atoms with Gasteiger partial charge in [0, 0.05) is 43.3 Å². The maximum absolute atomic E-state index is 14.8. The van der Waals surface area contributed by atoms with Gasteiger partial charge in [-0.05, 0) is 95.1 Å². The first-order valence-corrected chi connectivity index (χ1v) is 19.4. The quantitative estimate of drug-likeness (QED) is 0.0450. The van der Waals surface area contributed by atoms with Gasteiger partial charge in [-0.25, -0.2) is 4.79 Å². The van der Waals surface area contributed by atoms with Crippen LogP contribution >= 0.6 is 0 Å². The fourth-order valence-electron chi connectivity index (χ4n) is 9.65. The number of nitrogens with one attached hydrogen (secondary N) is 3. The molecule has 2 aliphatic heterocycles. The highest BCUT2D eigenvalue weighted by atomic mass is 16.7. The largest absolute Gasteiger partial charge is 0.463 e. The lowest BCUT2D eigenvalue weighted by Crippen LogP contribution is -2.60. The minimum absolute atomic E-state index is 0.0141. The van der Waals surface area contributed by atoms with Gasteiger partial charge in [0.2, 0.25) is 0 Å². The van der Waals surface area contributed by atoms with E-state index >= 15 is 0 Å². The van der Waals surface area contributed by atoms with Gasteiger partial charge < -0.3 is 36.9 Å². The SMILES string of the molecule is CCN[C@@H]1C=C[C@H](CC)C[C@H]1COC(=O)[C@]12O[C@@]1(CC=C(C)C[C@@H](NC(N)=NC)C1CCNC(N)C1)C(=O)C1CCCC(CC(C)C)C1C2=O. The van der Waals surface area contributed by atoms with Crippen LogP contribution in [0.1, 0.15) is 98.8 Å². The summed E-state index contributed by atoms with van der Waals surface area (Å²) in [6.45, 7) is 12.3. The molecule has 0 aromatic heterocycles. The van der Waals surface area contributed by atoms with E-state index < -0.39 is 29.0 Å². The summed E-state index contributed by atoms with van der Waals surface area (Å²) in [6, 6.07) is 0.0630. The molecule has 7 N–H and O–H groups in total. The highest BCUT2D eigenvalue weighted by molar-refractivity contribution is 6.23. The van der Waals surface area contributed by atoms with Crippen molar-refractivity contribution in [3.8, 4) is 0 Å². The summed E-state index contributed by atoms with van der Waals surface area (Å²) in [6.07, 6.45) is 14.0. The number of aliphatic imine (C=N–C) groups is 1. The first kappa shape index (κ1) is 38.6. The van der Waals surface area contributed by atoms with Crippen molar-refractivity contribution in [2.75, 3.05) is 26.7 Å². The Balaban J connectivity index is 1.41. The number of nitrogens with two attached hydrogens (primary N) is 2. The second-order valence-corrected chi connectivity index (χ2v) is 16.2. The van der Waals surface area contributed by atoms with E-state index in [0.29, 0.717) is 30.6 Å². The molecule has 2 heterocycles. The van der Waals surface area contributed by atoms with Gasteiger partial charge >= 0.3 is 5.97 Å². The Kier molecular flexibility index (Phi) is 12.7. The van der Waals surface area contributed by atoms with Gasteiger partial charge in [0.15, 0.2) is 23.1 Å². The molecule has 0 aromatic rings. The molecule has 0 bridgehead atoms. The molecule has 280 valence electrons. The lowest BCUT2D eigenvalue weighted by Gasteiger charge is -2.42. The van der Waals surface area contributed by atoms with Crippen molar-refractivity contribution < 1.29 is 23.9 Å². The van der Waals surface area contributed by atoms with Crippen LogP contribution in [0, 0.1) is 41.4 Å². The number of hydrogen-bond acceptors (Lipinski definition) is 9. The number of rotatable bonds is 14. The zero-order valence-electron chi connectivity index (χ0n) is 31.3. The molecule has 4 fully saturated rings. The number of likely N-dealkylation sites (N-methyl/N-ethyl adjacent to an activating group) is 1. The number of carbonyl (C=O) groups is 3. The van der Waals surface area contributed by atoms with Crippen molar-refractivity contribution in [1.82, 2.24) is 16.0 Å². The summed E-state index contributed by atoms with van der Waals surface area (Å²) in [5.74, 6) is -0.450. The number of guanidine groups is 1. The third-order valence-electron chi connectivity index (χ3n) is 12.3. The Hall–Kier alpha value is -2.60. The number of allylic oxidation sites excluding steroid dienone is 1. The normalized spacial score (nSPS) is 38.0. The monoisotopic (exact) mass is 696 g/mol. The first-order valence-electron chi connectivity index (χ1n) is 19.4. The van der Waals surface area contributed by atoms with Crippen LogP contribution in [-0.2, 0) is 23.9 Å². The number of ether oxygens (including phenoxy) is 2. The molecule has 3 aliphatic carbocycles. The molecule has 5 unspecified atom stereocenters. The zero-order chi connectivity index (χ0) is 36.2. The second kappa shape index (κ2) is 16.4. The summed E-state index contributed by atoms with van der Waals surface area (Å²) in [5, 5.41) is 10.2. The number of carbonyl (C=O) groups excluding carboxylic acids is 3. The van der Waals surface area contributed by atoms with E-state index in [1.807, 2.05) is 13.0 Å². The van der Waals surface area contributed by atoms with Gasteiger partial charge in [0.25, 0.3) is 5.60 Å². The topological polar surface area (TPSA) is 173 Å². The van der Waals surface area contributed by atoms with Crippen LogP contribution in [0.15, 0.2) is 28.8 Å². The van der Waals surface area contributed by atoms with E-state index in [0.717, 1.165) is 63.6 Å². The van der Waals surface area contributed by atoms with E-state index in [4.69, 9.17) is 20.9 Å². The average Bonchev–Trinajstić information content (AvgIpc) is 3.81. The highest BCUT2D eigenvalue weighted by Gasteiger charge is 2.87. The molecule has 11 heteroatoms. The van der Waals surface area contributed by atoms with Crippen molar-refractivity contribution >= 4 is 23.5 Å². The molecule has 5 rings (SSSR count). The summed E-state index contributed by atoms with van der Waals surface area (Å²) in [7, 11) is 1.65. The molecule has 50 heavy (non-hydrogen) atoms. The number of nitrogens with zero attached hydrogens (tertiary/aromatic N) is 1. The fourth-order valence-corrected chi connectivity index (χ4v) is 9.65. The summed E-state index contributed by atoms with van der Waals surface area (Å²) in [4.78, 5) is 47.9. The van der Waals surface area contributed by atoms with Crippen molar-refractivity contribution in [3.63, 3.8) is 0 Å². The molecule has 11 nitrogen and oxygen atoms in total. The van der Waals surface area contributed by atoms with Gasteiger partial charge in [-0.15, -0.1) is 0 Å². The molecule has 11 atom stereocenters. The van der Waals surface area contributed by atoms with Crippen molar-refractivity contribution in [3.05, 3.63) is 23.8 Å². The number of esters is 1. The van der Waals surface area contributed by atoms with E-state index in [2.05, 4.69) is 60.8 Å². The van der Waals surface area contributed by atoms with Gasteiger partial charge in [-0.2, -0.15) is 0 Å². The van der Waals surface area contributed by atoms with Crippen LogP contribution in [0.2, 0.25) is 0 Å². The van der Waals surface area contributed by atoms with Crippen molar-refractivity contribution in [1.29, 1.82) is 0 Å². The third kappa shape index (κ3) is 7.76. The summed E-state index contributed by atoms with van der Waals surface area (Å²) < 4.78 is 12.5. The number of ketones is 2. The molecule has 2 saturated carbocycles. The second-order valence-electron chi connectivity index (χ2n) is 16.2. The Morgan fingerprint density at radius 1 is 1.16 bits per heavy atom. The fraction of sp³-hybridized carbons (Fsp3) is 0.795. The highest BCUT2D eigenvalue weighted by Crippen LogP contribution is 2.62. The molecule has 0 aromatic carbocycles. The Morgan fingerprint density at radius 3 is 2.62 bits per heavy atom. The Morgan fingerprint density at radius 2 is 1.94 bits per heavy atom. The zero-order valence-corrected chi connectivity index (χ0v) is 31.3. The average molecular weight is 697 g/mol. The first-order chi connectivity index (χ1) is 23.9. The van der Waals surface area contributed by atoms with Gasteiger partial charge in [-0.1, -0.05) is 57.9 Å².